The molecule has 1 N–H and O–H groups in total. The quantitative estimate of drug-likeness (QED) is 0.681. The average Bonchev–Trinajstić information content (AvgIpc) is 2.36. The van der Waals surface area contributed by atoms with E-state index in [4.69, 9.17) is 9.47 Å². The average molecular weight is 292 g/mol. The molecule has 6 nitrogen and oxygen atoms in total. The number of amides is 1. The lowest BCUT2D eigenvalue weighted by atomic mass is 10.1. The molecule has 0 fully saturated rings. The van der Waals surface area contributed by atoms with E-state index in [1.807, 2.05) is 0 Å². The molecule has 114 valence electrons. The predicted octanol–water partition coefficient (Wildman–Crippen LogP) is 3.44. The van der Waals surface area contributed by atoms with Crippen molar-refractivity contribution in [2.45, 2.75) is 39.3 Å². The number of rotatable bonds is 4. The molecule has 0 spiro atoms. The second-order valence-electron chi connectivity index (χ2n) is 5.48. The van der Waals surface area contributed by atoms with Gasteiger partial charge in [0.15, 0.2) is 0 Å². The Bertz CT molecular complexity index is 557. The van der Waals surface area contributed by atoms with E-state index in [1.54, 1.807) is 45.9 Å². The van der Waals surface area contributed by atoms with E-state index >= 15 is 0 Å². The number of ether oxygens (including phenoxy) is 2. The number of methoxy groups -OCH3 is 1. The van der Waals surface area contributed by atoms with Gasteiger partial charge in [0.25, 0.3) is 0 Å². The van der Waals surface area contributed by atoms with Crippen LogP contribution in [0.3, 0.4) is 0 Å². The summed E-state index contributed by atoms with van der Waals surface area (Å²) in [6.07, 6.45) is 0.974. The second-order valence-corrected chi connectivity index (χ2v) is 5.48. The number of nitrogens with zero attached hydrogens (tertiary/aromatic N) is 1. The minimum absolute atomic E-state index is 0.368. The highest BCUT2D eigenvalue weighted by molar-refractivity contribution is 5.85. The zero-order valence-corrected chi connectivity index (χ0v) is 12.9. The summed E-state index contributed by atoms with van der Waals surface area (Å²) in [5, 5.41) is 2.62. The van der Waals surface area contributed by atoms with Crippen LogP contribution in [0.15, 0.2) is 23.2 Å². The molecule has 0 aromatic heterocycles. The number of isocyanates is 1. The molecule has 1 aromatic rings. The molecular formula is C15H20N2O4. The largest absolute Gasteiger partial charge is 0.496 e. The molecule has 0 aliphatic carbocycles. The Balaban J connectivity index is 2.92. The molecule has 6 heteroatoms. The molecule has 1 atom stereocenters. The van der Waals surface area contributed by atoms with Crippen molar-refractivity contribution in [1.82, 2.24) is 0 Å². The maximum Gasteiger partial charge on any atom is 0.412 e. The number of benzene rings is 1. The molecule has 1 amide bonds. The van der Waals surface area contributed by atoms with Gasteiger partial charge in [0.1, 0.15) is 11.4 Å². The molecule has 1 rings (SSSR count). The van der Waals surface area contributed by atoms with Crippen molar-refractivity contribution in [3.05, 3.63) is 23.8 Å². The number of carbonyl (C=O) groups is 1. The fourth-order valence-electron chi connectivity index (χ4n) is 1.70. The minimum atomic E-state index is -0.568. The highest BCUT2D eigenvalue weighted by Gasteiger charge is 2.17. The van der Waals surface area contributed by atoms with Crippen LogP contribution in [0.25, 0.3) is 0 Å². The van der Waals surface area contributed by atoms with Crippen LogP contribution >= 0.6 is 0 Å². The first-order valence-electron chi connectivity index (χ1n) is 6.51. The maximum atomic E-state index is 11.7. The Morgan fingerprint density at radius 3 is 2.57 bits per heavy atom. The summed E-state index contributed by atoms with van der Waals surface area (Å²) in [5.74, 6) is 0.523. The predicted molar refractivity (Wildman–Crippen MR) is 79.4 cm³/mol. The number of hydrogen-bond donors (Lipinski definition) is 1. The number of anilines is 1. The smallest absolute Gasteiger partial charge is 0.412 e. The summed E-state index contributed by atoms with van der Waals surface area (Å²) in [4.78, 5) is 25.7. The Morgan fingerprint density at radius 1 is 1.38 bits per heavy atom. The SMILES string of the molecule is COc1cc(NC(=O)OC(C)(C)C)ccc1C(C)N=C=O. The van der Waals surface area contributed by atoms with E-state index in [0.29, 0.717) is 11.4 Å². The third-order valence-electron chi connectivity index (χ3n) is 2.58. The first-order valence-corrected chi connectivity index (χ1v) is 6.51. The summed E-state index contributed by atoms with van der Waals surface area (Å²) in [6.45, 7) is 7.11. The van der Waals surface area contributed by atoms with E-state index in [9.17, 15) is 9.59 Å². The Labute approximate surface area is 124 Å². The van der Waals surface area contributed by atoms with Gasteiger partial charge in [-0.2, -0.15) is 4.99 Å². The molecule has 0 aliphatic rings. The van der Waals surface area contributed by atoms with Crippen molar-refractivity contribution >= 4 is 17.9 Å². The molecule has 1 aromatic carbocycles. The molecule has 0 aliphatic heterocycles. The summed E-state index contributed by atoms with van der Waals surface area (Å²) >= 11 is 0. The molecule has 0 heterocycles. The van der Waals surface area contributed by atoms with Crippen molar-refractivity contribution in [3.63, 3.8) is 0 Å². The number of nitrogens with one attached hydrogen (secondary N) is 1. The Kier molecular flexibility index (Phi) is 5.50. The van der Waals surface area contributed by atoms with Crippen molar-refractivity contribution < 1.29 is 19.1 Å². The van der Waals surface area contributed by atoms with E-state index in [0.717, 1.165) is 5.56 Å². The maximum absolute atomic E-state index is 11.7. The third kappa shape index (κ3) is 5.28. The van der Waals surface area contributed by atoms with Crippen molar-refractivity contribution in [3.8, 4) is 5.75 Å². The van der Waals surface area contributed by atoms with Crippen LogP contribution in [-0.4, -0.2) is 24.9 Å². The van der Waals surface area contributed by atoms with Crippen molar-refractivity contribution in [2.24, 2.45) is 4.99 Å². The van der Waals surface area contributed by atoms with Gasteiger partial charge >= 0.3 is 6.09 Å². The zero-order chi connectivity index (χ0) is 16.0. The van der Waals surface area contributed by atoms with Gasteiger partial charge in [0.05, 0.1) is 13.2 Å². The van der Waals surface area contributed by atoms with Crippen LogP contribution < -0.4 is 10.1 Å². The van der Waals surface area contributed by atoms with Gasteiger partial charge in [-0.05, 0) is 33.8 Å². The van der Waals surface area contributed by atoms with Gasteiger partial charge in [0, 0.05) is 17.3 Å². The number of hydrogen-bond acceptors (Lipinski definition) is 5. The highest BCUT2D eigenvalue weighted by atomic mass is 16.6. The molecule has 0 saturated heterocycles. The summed E-state index contributed by atoms with van der Waals surface area (Å²) in [7, 11) is 1.51. The fourth-order valence-corrected chi connectivity index (χ4v) is 1.70. The highest BCUT2D eigenvalue weighted by Crippen LogP contribution is 2.30. The van der Waals surface area contributed by atoms with Gasteiger partial charge in [-0.3, -0.25) is 5.32 Å². The molecule has 0 radical (unpaired) electrons. The minimum Gasteiger partial charge on any atom is -0.496 e. The van der Waals surface area contributed by atoms with Gasteiger partial charge in [-0.25, -0.2) is 9.59 Å². The van der Waals surface area contributed by atoms with Gasteiger partial charge in [-0.15, -0.1) is 0 Å². The third-order valence-corrected chi connectivity index (χ3v) is 2.58. The second kappa shape index (κ2) is 6.90. The normalized spacial score (nSPS) is 12.0. The van der Waals surface area contributed by atoms with Crippen molar-refractivity contribution in [1.29, 1.82) is 0 Å². The van der Waals surface area contributed by atoms with Gasteiger partial charge in [0.2, 0.25) is 6.08 Å². The summed E-state index contributed by atoms with van der Waals surface area (Å²) in [5.41, 5.74) is 0.698. The molecule has 0 bridgehead atoms. The van der Waals surface area contributed by atoms with Crippen LogP contribution in [0.2, 0.25) is 0 Å². The van der Waals surface area contributed by atoms with Gasteiger partial charge in [-0.1, -0.05) is 6.07 Å². The first kappa shape index (κ1) is 16.7. The van der Waals surface area contributed by atoms with E-state index < -0.39 is 11.7 Å². The monoisotopic (exact) mass is 292 g/mol. The fraction of sp³-hybridized carbons (Fsp3) is 0.467. The van der Waals surface area contributed by atoms with Crippen LogP contribution in [0.1, 0.15) is 39.3 Å². The van der Waals surface area contributed by atoms with Crippen LogP contribution in [0.5, 0.6) is 5.75 Å². The molecule has 0 saturated carbocycles. The lowest BCUT2D eigenvalue weighted by molar-refractivity contribution is 0.0636. The van der Waals surface area contributed by atoms with Gasteiger partial charge < -0.3 is 9.47 Å². The van der Waals surface area contributed by atoms with E-state index in [-0.39, 0.29) is 6.04 Å². The summed E-state index contributed by atoms with van der Waals surface area (Å²) in [6, 6.07) is 4.71. The van der Waals surface area contributed by atoms with Crippen LogP contribution in [-0.2, 0) is 9.53 Å². The Morgan fingerprint density at radius 2 is 2.05 bits per heavy atom. The van der Waals surface area contributed by atoms with E-state index in [2.05, 4.69) is 10.3 Å². The lowest BCUT2D eigenvalue weighted by Gasteiger charge is -2.20. The summed E-state index contributed by atoms with van der Waals surface area (Å²) < 4.78 is 10.4. The van der Waals surface area contributed by atoms with Crippen LogP contribution in [0, 0.1) is 0 Å². The zero-order valence-electron chi connectivity index (χ0n) is 12.9. The topological polar surface area (TPSA) is 77.0 Å². The first-order chi connectivity index (χ1) is 9.76. The van der Waals surface area contributed by atoms with Crippen molar-refractivity contribution in [2.75, 3.05) is 12.4 Å². The number of carbonyl (C=O) groups excluding carboxylic acids is 2. The number of aliphatic imine (C=N–C) groups is 1. The van der Waals surface area contributed by atoms with Crippen LogP contribution in [0.4, 0.5) is 10.5 Å². The standard InChI is InChI=1S/C15H20N2O4/c1-10(16-9-18)12-7-6-11(8-13(12)20-5)17-14(19)21-15(2,3)4/h6-8,10H,1-5H3,(H,17,19). The molecule has 21 heavy (non-hydrogen) atoms. The lowest BCUT2D eigenvalue weighted by Crippen LogP contribution is -2.27. The molecular weight excluding hydrogens is 272 g/mol. The Hall–Kier alpha value is -2.33. The van der Waals surface area contributed by atoms with E-state index in [1.165, 1.54) is 13.2 Å². The molecule has 1 unspecified atom stereocenters.